The minimum atomic E-state index is -0.482. The summed E-state index contributed by atoms with van der Waals surface area (Å²) in [6, 6.07) is 8.37. The second-order valence-corrected chi connectivity index (χ2v) is 5.30. The Hall–Kier alpha value is -2.91. The number of rotatable bonds is 5. The number of hydrogen-bond acceptors (Lipinski definition) is 7. The molecule has 23 heavy (non-hydrogen) atoms. The standard InChI is InChI=1S/C14H11BrFN7/c15-9-1-2-11(10(16)7-9)22-13-12(19)14(21-8-20-13)23(5-3-17)6-4-18/h1-2,7-8H,5-6,19H2,(H,20,21,22). The molecule has 0 saturated carbocycles. The van der Waals surface area contributed by atoms with Crippen molar-refractivity contribution in [3.63, 3.8) is 0 Å². The van der Waals surface area contributed by atoms with Crippen molar-refractivity contribution in [2.45, 2.75) is 0 Å². The third kappa shape index (κ3) is 3.84. The van der Waals surface area contributed by atoms with E-state index >= 15 is 0 Å². The summed E-state index contributed by atoms with van der Waals surface area (Å²) in [4.78, 5) is 9.39. The van der Waals surface area contributed by atoms with Crippen LogP contribution in [0.5, 0.6) is 0 Å². The molecule has 116 valence electrons. The highest BCUT2D eigenvalue weighted by Crippen LogP contribution is 2.29. The summed E-state index contributed by atoms with van der Waals surface area (Å²) in [5.74, 6) is -0.0509. The molecule has 0 unspecified atom stereocenters. The maximum atomic E-state index is 13.9. The van der Waals surface area contributed by atoms with E-state index in [-0.39, 0.29) is 36.1 Å². The van der Waals surface area contributed by atoms with Gasteiger partial charge >= 0.3 is 0 Å². The van der Waals surface area contributed by atoms with Gasteiger partial charge in [0.2, 0.25) is 0 Å². The van der Waals surface area contributed by atoms with E-state index in [1.165, 1.54) is 23.4 Å². The molecule has 0 bridgehead atoms. The summed E-state index contributed by atoms with van der Waals surface area (Å²) in [6.07, 6.45) is 1.23. The zero-order chi connectivity index (χ0) is 16.8. The molecule has 1 aromatic heterocycles. The van der Waals surface area contributed by atoms with E-state index in [1.807, 2.05) is 12.1 Å². The van der Waals surface area contributed by atoms with E-state index < -0.39 is 5.82 Å². The second kappa shape index (κ2) is 7.38. The minimum absolute atomic E-state index is 0.0547. The lowest BCUT2D eigenvalue weighted by atomic mass is 10.3. The van der Waals surface area contributed by atoms with Crippen molar-refractivity contribution in [2.75, 3.05) is 29.0 Å². The normalized spacial score (nSPS) is 9.74. The van der Waals surface area contributed by atoms with E-state index in [4.69, 9.17) is 16.3 Å². The zero-order valence-corrected chi connectivity index (χ0v) is 13.4. The molecule has 0 spiro atoms. The summed E-state index contributed by atoms with van der Waals surface area (Å²) in [6.45, 7) is -0.109. The molecular formula is C14H11BrFN7. The van der Waals surface area contributed by atoms with Crippen LogP contribution in [0.3, 0.4) is 0 Å². The van der Waals surface area contributed by atoms with Gasteiger partial charge < -0.3 is 16.0 Å². The van der Waals surface area contributed by atoms with Crippen molar-refractivity contribution < 1.29 is 4.39 Å². The van der Waals surface area contributed by atoms with Gasteiger partial charge in [-0.1, -0.05) is 15.9 Å². The Morgan fingerprint density at radius 2 is 1.96 bits per heavy atom. The van der Waals surface area contributed by atoms with Gasteiger partial charge in [0.15, 0.2) is 11.6 Å². The Morgan fingerprint density at radius 1 is 1.26 bits per heavy atom. The molecule has 0 aliphatic heterocycles. The molecule has 0 amide bonds. The van der Waals surface area contributed by atoms with Crippen LogP contribution in [0.15, 0.2) is 29.0 Å². The third-order valence-corrected chi connectivity index (χ3v) is 3.36. The highest BCUT2D eigenvalue weighted by Gasteiger charge is 2.16. The summed E-state index contributed by atoms with van der Waals surface area (Å²) in [7, 11) is 0. The van der Waals surface area contributed by atoms with Crippen molar-refractivity contribution in [1.82, 2.24) is 9.97 Å². The number of hydrogen-bond donors (Lipinski definition) is 2. The summed E-state index contributed by atoms with van der Waals surface area (Å²) >= 11 is 3.18. The fourth-order valence-corrected chi connectivity index (χ4v) is 2.17. The third-order valence-electron chi connectivity index (χ3n) is 2.87. The molecule has 0 aliphatic rings. The number of anilines is 4. The van der Waals surface area contributed by atoms with Crippen molar-refractivity contribution in [1.29, 1.82) is 10.5 Å². The fraction of sp³-hybridized carbons (Fsp3) is 0.143. The van der Waals surface area contributed by atoms with Crippen LogP contribution in [-0.4, -0.2) is 23.1 Å². The Balaban J connectivity index is 2.36. The van der Waals surface area contributed by atoms with E-state index in [1.54, 1.807) is 6.07 Å². The van der Waals surface area contributed by atoms with Gasteiger partial charge in [-0.05, 0) is 18.2 Å². The maximum Gasteiger partial charge on any atom is 0.159 e. The predicted molar refractivity (Wildman–Crippen MR) is 87.3 cm³/mol. The van der Waals surface area contributed by atoms with Crippen molar-refractivity contribution >= 4 is 38.9 Å². The average molecular weight is 376 g/mol. The first-order valence-electron chi connectivity index (χ1n) is 6.38. The minimum Gasteiger partial charge on any atom is -0.393 e. The summed E-state index contributed by atoms with van der Waals surface area (Å²) < 4.78 is 14.5. The first kappa shape index (κ1) is 16.5. The van der Waals surface area contributed by atoms with Gasteiger partial charge in [0.25, 0.3) is 0 Å². The Bertz CT molecular complexity index is 781. The van der Waals surface area contributed by atoms with E-state index in [0.29, 0.717) is 4.47 Å². The largest absolute Gasteiger partial charge is 0.393 e. The smallest absolute Gasteiger partial charge is 0.159 e. The Morgan fingerprint density at radius 3 is 2.57 bits per heavy atom. The summed E-state index contributed by atoms with van der Waals surface area (Å²) in [5.41, 5.74) is 6.31. The molecule has 0 saturated heterocycles. The molecule has 3 N–H and O–H groups in total. The van der Waals surface area contributed by atoms with E-state index in [9.17, 15) is 4.39 Å². The molecule has 1 heterocycles. The van der Waals surface area contributed by atoms with E-state index in [0.717, 1.165) is 0 Å². The monoisotopic (exact) mass is 375 g/mol. The van der Waals surface area contributed by atoms with Crippen molar-refractivity contribution in [3.8, 4) is 12.1 Å². The molecule has 0 fully saturated rings. The van der Waals surface area contributed by atoms with Crippen LogP contribution in [0.4, 0.5) is 27.4 Å². The molecule has 0 radical (unpaired) electrons. The van der Waals surface area contributed by atoms with Crippen LogP contribution < -0.4 is 16.0 Å². The number of halogens is 2. The van der Waals surface area contributed by atoms with Crippen molar-refractivity contribution in [3.05, 3.63) is 34.8 Å². The van der Waals surface area contributed by atoms with Gasteiger partial charge in [0.05, 0.1) is 17.8 Å². The number of nitriles is 2. The number of nitrogens with zero attached hydrogens (tertiary/aromatic N) is 5. The second-order valence-electron chi connectivity index (χ2n) is 4.38. The molecule has 2 rings (SSSR count). The topological polar surface area (TPSA) is 115 Å². The summed E-state index contributed by atoms with van der Waals surface area (Å²) in [5, 5.41) is 20.4. The van der Waals surface area contributed by atoms with Crippen LogP contribution in [0.2, 0.25) is 0 Å². The molecule has 2 aromatic rings. The molecule has 9 heteroatoms. The maximum absolute atomic E-state index is 13.9. The fourth-order valence-electron chi connectivity index (χ4n) is 1.83. The van der Waals surface area contributed by atoms with Gasteiger partial charge in [-0.25, -0.2) is 14.4 Å². The first-order valence-corrected chi connectivity index (χ1v) is 7.17. The average Bonchev–Trinajstić information content (AvgIpc) is 2.52. The number of nitrogen functional groups attached to an aromatic ring is 1. The Labute approximate surface area is 140 Å². The first-order chi connectivity index (χ1) is 11.1. The van der Waals surface area contributed by atoms with Crippen molar-refractivity contribution in [2.24, 2.45) is 0 Å². The van der Waals surface area contributed by atoms with Gasteiger partial charge in [-0.3, -0.25) is 0 Å². The lowest BCUT2D eigenvalue weighted by Gasteiger charge is -2.20. The van der Waals surface area contributed by atoms with Crippen LogP contribution >= 0.6 is 15.9 Å². The van der Waals surface area contributed by atoms with Crippen LogP contribution in [0.25, 0.3) is 0 Å². The van der Waals surface area contributed by atoms with E-state index in [2.05, 4.69) is 31.2 Å². The highest BCUT2D eigenvalue weighted by atomic mass is 79.9. The number of aromatic nitrogens is 2. The highest BCUT2D eigenvalue weighted by molar-refractivity contribution is 9.10. The Kier molecular flexibility index (Phi) is 5.28. The molecule has 0 aliphatic carbocycles. The quantitative estimate of drug-likeness (QED) is 0.771. The van der Waals surface area contributed by atoms with Gasteiger partial charge in [-0.15, -0.1) is 0 Å². The molecule has 7 nitrogen and oxygen atoms in total. The van der Waals surface area contributed by atoms with Gasteiger partial charge in [0, 0.05) is 4.47 Å². The number of benzene rings is 1. The number of nitrogens with two attached hydrogens (primary N) is 1. The lowest BCUT2D eigenvalue weighted by molar-refractivity contribution is 0.631. The SMILES string of the molecule is N#CCN(CC#N)c1ncnc(Nc2ccc(Br)cc2F)c1N. The molecule has 1 aromatic carbocycles. The van der Waals surface area contributed by atoms with Crippen LogP contribution in [-0.2, 0) is 0 Å². The predicted octanol–water partition coefficient (Wildman–Crippen LogP) is 2.56. The zero-order valence-electron chi connectivity index (χ0n) is 11.8. The number of nitrogens with one attached hydrogen (secondary N) is 1. The lowest BCUT2D eigenvalue weighted by Crippen LogP contribution is -2.26. The van der Waals surface area contributed by atoms with Gasteiger partial charge in [0.1, 0.15) is 30.9 Å². The van der Waals surface area contributed by atoms with Crippen LogP contribution in [0, 0.1) is 28.5 Å². The van der Waals surface area contributed by atoms with Crippen LogP contribution in [0.1, 0.15) is 0 Å². The molecular weight excluding hydrogens is 365 g/mol. The van der Waals surface area contributed by atoms with Gasteiger partial charge in [-0.2, -0.15) is 10.5 Å². The molecule has 0 atom stereocenters.